The van der Waals surface area contributed by atoms with Gasteiger partial charge in [0.1, 0.15) is 0 Å². The topological polar surface area (TPSA) is 73.9 Å². The third-order valence-electron chi connectivity index (χ3n) is 2.53. The van der Waals surface area contributed by atoms with Crippen molar-refractivity contribution in [2.75, 3.05) is 21.3 Å². The summed E-state index contributed by atoms with van der Waals surface area (Å²) in [6.45, 7) is 1.73. The first kappa shape index (κ1) is 13.6. The molecule has 2 atom stereocenters. The van der Waals surface area contributed by atoms with Crippen LogP contribution < -0.4 is 19.9 Å². The van der Waals surface area contributed by atoms with Crippen LogP contribution in [0.4, 0.5) is 0 Å². The number of hydrogen-bond donors (Lipinski definition) is 2. The lowest BCUT2D eigenvalue weighted by Crippen LogP contribution is -2.24. The molecule has 0 aliphatic carbocycles. The minimum absolute atomic E-state index is 0.377. The van der Waals surface area contributed by atoms with Gasteiger partial charge in [0.15, 0.2) is 11.5 Å². The Morgan fingerprint density at radius 2 is 1.53 bits per heavy atom. The molecule has 5 heteroatoms. The van der Waals surface area contributed by atoms with Crippen LogP contribution in [0, 0.1) is 0 Å². The van der Waals surface area contributed by atoms with E-state index in [2.05, 4.69) is 0 Å². The standard InChI is InChI=1S/C12H19NO4/c1-7(13)11(14)8-5-9(15-2)12(17-4)10(6-8)16-3/h5-7,11,14H,13H2,1-4H3. The minimum Gasteiger partial charge on any atom is -0.493 e. The van der Waals surface area contributed by atoms with E-state index in [0.29, 0.717) is 22.8 Å². The molecule has 1 aromatic carbocycles. The first-order chi connectivity index (χ1) is 8.04. The second kappa shape index (κ2) is 5.75. The number of methoxy groups -OCH3 is 3. The highest BCUT2D eigenvalue weighted by atomic mass is 16.5. The van der Waals surface area contributed by atoms with E-state index in [9.17, 15) is 5.11 Å². The lowest BCUT2D eigenvalue weighted by atomic mass is 10.0. The van der Waals surface area contributed by atoms with Crippen LogP contribution in [0.15, 0.2) is 12.1 Å². The maximum Gasteiger partial charge on any atom is 0.203 e. The van der Waals surface area contributed by atoms with Crippen molar-refractivity contribution in [1.82, 2.24) is 0 Å². The van der Waals surface area contributed by atoms with Gasteiger partial charge in [-0.2, -0.15) is 0 Å². The van der Waals surface area contributed by atoms with Crippen LogP contribution in [0.3, 0.4) is 0 Å². The Bertz CT molecular complexity index is 354. The Balaban J connectivity index is 3.27. The highest BCUT2D eigenvalue weighted by molar-refractivity contribution is 5.54. The third-order valence-corrected chi connectivity index (χ3v) is 2.53. The van der Waals surface area contributed by atoms with E-state index in [1.807, 2.05) is 0 Å². The number of benzene rings is 1. The van der Waals surface area contributed by atoms with Crippen molar-refractivity contribution in [2.45, 2.75) is 19.1 Å². The van der Waals surface area contributed by atoms with Gasteiger partial charge in [-0.1, -0.05) is 0 Å². The van der Waals surface area contributed by atoms with Crippen molar-refractivity contribution in [3.8, 4) is 17.2 Å². The van der Waals surface area contributed by atoms with Gasteiger partial charge in [0.05, 0.1) is 27.4 Å². The van der Waals surface area contributed by atoms with Crippen LogP contribution in [-0.4, -0.2) is 32.5 Å². The van der Waals surface area contributed by atoms with Crippen LogP contribution in [0.2, 0.25) is 0 Å². The highest BCUT2D eigenvalue weighted by Gasteiger charge is 2.19. The van der Waals surface area contributed by atoms with E-state index in [4.69, 9.17) is 19.9 Å². The number of aliphatic hydroxyl groups is 1. The van der Waals surface area contributed by atoms with Crippen molar-refractivity contribution in [3.63, 3.8) is 0 Å². The van der Waals surface area contributed by atoms with Gasteiger partial charge in [-0.05, 0) is 24.6 Å². The van der Waals surface area contributed by atoms with Crippen molar-refractivity contribution in [3.05, 3.63) is 17.7 Å². The predicted octanol–water partition coefficient (Wildman–Crippen LogP) is 1.09. The molecule has 0 aliphatic rings. The maximum atomic E-state index is 9.92. The van der Waals surface area contributed by atoms with Crippen LogP contribution in [0.1, 0.15) is 18.6 Å². The van der Waals surface area contributed by atoms with Gasteiger partial charge >= 0.3 is 0 Å². The summed E-state index contributed by atoms with van der Waals surface area (Å²) in [5, 5.41) is 9.92. The Hall–Kier alpha value is -1.46. The second-order valence-electron chi connectivity index (χ2n) is 3.76. The minimum atomic E-state index is -0.774. The molecular formula is C12H19NO4. The fourth-order valence-corrected chi connectivity index (χ4v) is 1.58. The van der Waals surface area contributed by atoms with Crippen molar-refractivity contribution in [1.29, 1.82) is 0 Å². The second-order valence-corrected chi connectivity index (χ2v) is 3.76. The first-order valence-corrected chi connectivity index (χ1v) is 5.28. The molecule has 0 aromatic heterocycles. The third kappa shape index (κ3) is 2.81. The van der Waals surface area contributed by atoms with Gasteiger partial charge in [0.2, 0.25) is 5.75 Å². The summed E-state index contributed by atoms with van der Waals surface area (Å²) in [6, 6.07) is 3.00. The number of hydrogen-bond acceptors (Lipinski definition) is 5. The van der Waals surface area contributed by atoms with Gasteiger partial charge in [0, 0.05) is 6.04 Å². The molecule has 0 amide bonds. The van der Waals surface area contributed by atoms with Crippen LogP contribution >= 0.6 is 0 Å². The average Bonchev–Trinajstić information content (AvgIpc) is 2.35. The largest absolute Gasteiger partial charge is 0.493 e. The molecule has 1 aromatic rings. The molecule has 0 aliphatic heterocycles. The molecule has 1 rings (SSSR count). The first-order valence-electron chi connectivity index (χ1n) is 5.28. The van der Waals surface area contributed by atoms with Gasteiger partial charge in [-0.15, -0.1) is 0 Å². The molecule has 17 heavy (non-hydrogen) atoms. The van der Waals surface area contributed by atoms with E-state index in [1.165, 1.54) is 21.3 Å². The van der Waals surface area contributed by atoms with E-state index < -0.39 is 6.10 Å². The molecule has 5 nitrogen and oxygen atoms in total. The van der Waals surface area contributed by atoms with E-state index in [-0.39, 0.29) is 6.04 Å². The number of rotatable bonds is 5. The fraction of sp³-hybridized carbons (Fsp3) is 0.500. The lowest BCUT2D eigenvalue weighted by molar-refractivity contribution is 0.152. The fourth-order valence-electron chi connectivity index (χ4n) is 1.58. The maximum absolute atomic E-state index is 9.92. The predicted molar refractivity (Wildman–Crippen MR) is 64.7 cm³/mol. The van der Waals surface area contributed by atoms with E-state index >= 15 is 0 Å². The summed E-state index contributed by atoms with van der Waals surface area (Å²) in [6.07, 6.45) is -0.774. The van der Waals surface area contributed by atoms with E-state index in [1.54, 1.807) is 19.1 Å². The molecule has 96 valence electrons. The van der Waals surface area contributed by atoms with Crippen molar-refractivity contribution >= 4 is 0 Å². The molecule has 0 saturated heterocycles. The number of aliphatic hydroxyl groups excluding tert-OH is 1. The summed E-state index contributed by atoms with van der Waals surface area (Å²) < 4.78 is 15.6. The highest BCUT2D eigenvalue weighted by Crippen LogP contribution is 2.39. The summed E-state index contributed by atoms with van der Waals surface area (Å²) >= 11 is 0. The zero-order chi connectivity index (χ0) is 13.0. The Morgan fingerprint density at radius 1 is 1.06 bits per heavy atom. The quantitative estimate of drug-likeness (QED) is 0.807. The molecule has 3 N–H and O–H groups in total. The zero-order valence-electron chi connectivity index (χ0n) is 10.6. The van der Waals surface area contributed by atoms with Gasteiger partial charge in [-0.3, -0.25) is 0 Å². The van der Waals surface area contributed by atoms with Crippen LogP contribution in [-0.2, 0) is 0 Å². The normalized spacial score (nSPS) is 14.0. The molecule has 0 spiro atoms. The monoisotopic (exact) mass is 241 g/mol. The summed E-state index contributed by atoms with van der Waals surface area (Å²) in [4.78, 5) is 0. The van der Waals surface area contributed by atoms with Gasteiger partial charge < -0.3 is 25.1 Å². The van der Waals surface area contributed by atoms with Crippen LogP contribution in [0.25, 0.3) is 0 Å². The number of nitrogens with two attached hydrogens (primary N) is 1. The SMILES string of the molecule is COc1cc(C(O)C(C)N)cc(OC)c1OC. The Kier molecular flexibility index (Phi) is 4.60. The molecule has 0 radical (unpaired) electrons. The molecule has 0 fully saturated rings. The van der Waals surface area contributed by atoms with Crippen molar-refractivity contribution in [2.24, 2.45) is 5.73 Å². The van der Waals surface area contributed by atoms with Gasteiger partial charge in [-0.25, -0.2) is 0 Å². The molecule has 0 bridgehead atoms. The molecule has 0 heterocycles. The van der Waals surface area contributed by atoms with Crippen molar-refractivity contribution < 1.29 is 19.3 Å². The zero-order valence-corrected chi connectivity index (χ0v) is 10.6. The lowest BCUT2D eigenvalue weighted by Gasteiger charge is -2.19. The van der Waals surface area contributed by atoms with Gasteiger partial charge in [0.25, 0.3) is 0 Å². The molecule has 2 unspecified atom stereocenters. The Labute approximate surface area is 101 Å². The number of ether oxygens (including phenoxy) is 3. The average molecular weight is 241 g/mol. The molecule has 0 saturated carbocycles. The summed E-state index contributed by atoms with van der Waals surface area (Å²) in [7, 11) is 4.58. The Morgan fingerprint density at radius 3 is 1.82 bits per heavy atom. The summed E-state index contributed by atoms with van der Waals surface area (Å²) in [5.74, 6) is 1.50. The van der Waals surface area contributed by atoms with Crippen LogP contribution in [0.5, 0.6) is 17.2 Å². The smallest absolute Gasteiger partial charge is 0.203 e. The molecular weight excluding hydrogens is 222 g/mol. The summed E-state index contributed by atoms with van der Waals surface area (Å²) in [5.41, 5.74) is 6.29. The van der Waals surface area contributed by atoms with E-state index in [0.717, 1.165) is 0 Å².